The smallest absolute Gasteiger partial charge is 0.408 e. The molecule has 8 nitrogen and oxygen atoms in total. The molecule has 1 aromatic rings. The molecule has 1 rings (SSSR count). The lowest BCUT2D eigenvalue weighted by molar-refractivity contribution is -0.162. The fourth-order valence-electron chi connectivity index (χ4n) is 3.31. The minimum Gasteiger partial charge on any atom is -0.460 e. The summed E-state index contributed by atoms with van der Waals surface area (Å²) in [5.41, 5.74) is -0.624. The van der Waals surface area contributed by atoms with Crippen LogP contribution < -0.4 is 10.6 Å². The second kappa shape index (κ2) is 13.6. The summed E-state index contributed by atoms with van der Waals surface area (Å²) in [7, 11) is 0. The Hall–Kier alpha value is -2.84. The van der Waals surface area contributed by atoms with E-state index < -0.39 is 53.5 Å². The zero-order valence-electron chi connectivity index (χ0n) is 23.8. The first-order valence-corrected chi connectivity index (χ1v) is 12.7. The Morgan fingerprint density at radius 1 is 0.811 bits per heavy atom. The Bertz CT molecular complexity index is 882. The lowest BCUT2D eigenvalue weighted by Crippen LogP contribution is -2.48. The van der Waals surface area contributed by atoms with E-state index in [-0.39, 0.29) is 12.8 Å². The zero-order valence-corrected chi connectivity index (χ0v) is 23.8. The molecular weight excluding hydrogens is 479 g/mol. The van der Waals surface area contributed by atoms with Crippen LogP contribution in [0.15, 0.2) is 24.3 Å². The van der Waals surface area contributed by atoms with E-state index >= 15 is 0 Å². The van der Waals surface area contributed by atoms with Crippen molar-refractivity contribution >= 4 is 23.7 Å². The number of hydrogen-bond donors (Lipinski definition) is 2. The summed E-state index contributed by atoms with van der Waals surface area (Å²) in [6, 6.07) is 6.29. The number of alkyl halides is 1. The van der Waals surface area contributed by atoms with Gasteiger partial charge in [-0.1, -0.05) is 12.1 Å². The number of hydrogen-bond acceptors (Lipinski definition) is 7. The van der Waals surface area contributed by atoms with Crippen LogP contribution in [-0.4, -0.2) is 54.1 Å². The van der Waals surface area contributed by atoms with Gasteiger partial charge < -0.3 is 24.8 Å². The van der Waals surface area contributed by atoms with E-state index in [4.69, 9.17) is 14.2 Å². The Labute approximate surface area is 221 Å². The first-order chi connectivity index (χ1) is 16.9. The predicted molar refractivity (Wildman–Crippen MR) is 142 cm³/mol. The molecule has 0 aliphatic carbocycles. The second-order valence-corrected chi connectivity index (χ2v) is 12.1. The minimum atomic E-state index is -1.13. The molecule has 9 heteroatoms. The summed E-state index contributed by atoms with van der Waals surface area (Å²) in [5, 5.41) is 5.72. The maximum atomic E-state index is 13.2. The number of carbonyl (C=O) groups excluding carboxylic acids is 3. The van der Waals surface area contributed by atoms with Crippen LogP contribution in [0.25, 0.3) is 0 Å². The van der Waals surface area contributed by atoms with E-state index in [1.165, 1.54) is 0 Å². The standard InChI is InChI=1S/C28H45FN2O6/c1-26(2,3)35-23(32)20(17-19-11-13-21(14-12-19)30-16-10-15-29)18-22(24(33)36-27(4,5)6)31-25(34)37-28(7,8)9/h11-14,20,22,30H,10,15-18H2,1-9H3,(H,31,34). The van der Waals surface area contributed by atoms with Crippen molar-refractivity contribution in [2.75, 3.05) is 18.5 Å². The Balaban J connectivity index is 3.19. The Morgan fingerprint density at radius 3 is 1.81 bits per heavy atom. The van der Waals surface area contributed by atoms with Crippen molar-refractivity contribution in [1.82, 2.24) is 5.32 Å². The molecule has 0 aliphatic heterocycles. The molecule has 210 valence electrons. The highest BCUT2D eigenvalue weighted by Crippen LogP contribution is 2.23. The third-order valence-electron chi connectivity index (χ3n) is 4.72. The van der Waals surface area contributed by atoms with Gasteiger partial charge in [0.15, 0.2) is 0 Å². The number of benzene rings is 1. The van der Waals surface area contributed by atoms with Crippen LogP contribution >= 0.6 is 0 Å². The Morgan fingerprint density at radius 2 is 1.32 bits per heavy atom. The van der Waals surface area contributed by atoms with Crippen molar-refractivity contribution < 1.29 is 33.0 Å². The molecule has 2 atom stereocenters. The first kappa shape index (κ1) is 32.2. The fourth-order valence-corrected chi connectivity index (χ4v) is 3.31. The topological polar surface area (TPSA) is 103 Å². The highest BCUT2D eigenvalue weighted by molar-refractivity contribution is 5.83. The maximum Gasteiger partial charge on any atom is 0.408 e. The summed E-state index contributed by atoms with van der Waals surface area (Å²) >= 11 is 0. The monoisotopic (exact) mass is 524 g/mol. The first-order valence-electron chi connectivity index (χ1n) is 12.7. The molecule has 2 N–H and O–H groups in total. The number of halogens is 1. The van der Waals surface area contributed by atoms with Gasteiger partial charge in [-0.25, -0.2) is 9.59 Å². The summed E-state index contributed by atoms with van der Waals surface area (Å²) in [4.78, 5) is 38.8. The van der Waals surface area contributed by atoms with Crippen molar-refractivity contribution in [1.29, 1.82) is 0 Å². The highest BCUT2D eigenvalue weighted by atomic mass is 19.1. The number of ether oxygens (including phenoxy) is 3. The number of amides is 1. The molecule has 1 amide bonds. The SMILES string of the molecule is CC(C)(C)OC(=O)NC(CC(Cc1ccc(NCCCF)cc1)C(=O)OC(C)(C)C)C(=O)OC(C)(C)C. The van der Waals surface area contributed by atoms with E-state index in [9.17, 15) is 18.8 Å². The molecule has 0 aromatic heterocycles. The third kappa shape index (κ3) is 14.5. The lowest BCUT2D eigenvalue weighted by Gasteiger charge is -2.29. The van der Waals surface area contributed by atoms with Gasteiger partial charge in [-0.05, 0) is 99.3 Å². The van der Waals surface area contributed by atoms with Gasteiger partial charge in [0.1, 0.15) is 22.8 Å². The van der Waals surface area contributed by atoms with E-state index in [1.807, 2.05) is 24.3 Å². The molecule has 0 saturated carbocycles. The second-order valence-electron chi connectivity index (χ2n) is 12.1. The zero-order chi connectivity index (χ0) is 28.4. The van der Waals surface area contributed by atoms with Gasteiger partial charge in [0, 0.05) is 12.2 Å². The van der Waals surface area contributed by atoms with Crippen molar-refractivity contribution in [2.24, 2.45) is 5.92 Å². The van der Waals surface area contributed by atoms with Gasteiger partial charge in [0.25, 0.3) is 0 Å². The molecule has 0 saturated heterocycles. The average Bonchev–Trinajstić information content (AvgIpc) is 2.70. The molecule has 0 heterocycles. The fraction of sp³-hybridized carbons (Fsp3) is 0.679. The Kier molecular flexibility index (Phi) is 11.9. The van der Waals surface area contributed by atoms with Crippen LogP contribution in [0.3, 0.4) is 0 Å². The van der Waals surface area contributed by atoms with E-state index in [2.05, 4.69) is 10.6 Å². The number of nitrogens with one attached hydrogen (secondary N) is 2. The van der Waals surface area contributed by atoms with Crippen LogP contribution in [0.5, 0.6) is 0 Å². The molecule has 0 fully saturated rings. The van der Waals surface area contributed by atoms with Gasteiger partial charge in [0.2, 0.25) is 0 Å². The molecular formula is C28H45FN2O6. The van der Waals surface area contributed by atoms with Crippen LogP contribution in [0, 0.1) is 5.92 Å². The van der Waals surface area contributed by atoms with Gasteiger partial charge in [-0.3, -0.25) is 9.18 Å². The van der Waals surface area contributed by atoms with Gasteiger partial charge in [-0.15, -0.1) is 0 Å². The van der Waals surface area contributed by atoms with E-state index in [1.54, 1.807) is 62.3 Å². The van der Waals surface area contributed by atoms with Crippen molar-refractivity contribution in [3.8, 4) is 0 Å². The molecule has 0 spiro atoms. The molecule has 0 radical (unpaired) electrons. The normalized spacial score (nSPS) is 13.8. The van der Waals surface area contributed by atoms with Crippen molar-refractivity contribution in [3.63, 3.8) is 0 Å². The predicted octanol–water partition coefficient (Wildman–Crippen LogP) is 5.58. The summed E-state index contributed by atoms with van der Waals surface area (Å²) in [5.74, 6) is -1.91. The number of rotatable bonds is 11. The van der Waals surface area contributed by atoms with Crippen LogP contribution in [0.2, 0.25) is 0 Å². The maximum absolute atomic E-state index is 13.2. The average molecular weight is 525 g/mol. The van der Waals surface area contributed by atoms with E-state index in [0.717, 1.165) is 11.3 Å². The summed E-state index contributed by atoms with van der Waals surface area (Å²) in [6.07, 6.45) is -0.136. The molecule has 1 aromatic carbocycles. The summed E-state index contributed by atoms with van der Waals surface area (Å²) < 4.78 is 28.9. The lowest BCUT2D eigenvalue weighted by atomic mass is 9.92. The van der Waals surface area contributed by atoms with E-state index in [0.29, 0.717) is 13.0 Å². The van der Waals surface area contributed by atoms with Gasteiger partial charge in [0.05, 0.1) is 12.6 Å². The molecule has 0 bridgehead atoms. The third-order valence-corrected chi connectivity index (χ3v) is 4.72. The van der Waals surface area contributed by atoms with Crippen LogP contribution in [0.4, 0.5) is 14.9 Å². The van der Waals surface area contributed by atoms with Crippen molar-refractivity contribution in [3.05, 3.63) is 29.8 Å². The summed E-state index contributed by atoms with van der Waals surface area (Å²) in [6.45, 7) is 15.8. The largest absolute Gasteiger partial charge is 0.460 e. The number of esters is 2. The van der Waals surface area contributed by atoms with Crippen LogP contribution in [0.1, 0.15) is 80.7 Å². The molecule has 37 heavy (non-hydrogen) atoms. The molecule has 0 aliphatic rings. The molecule has 2 unspecified atom stereocenters. The number of anilines is 1. The van der Waals surface area contributed by atoms with Gasteiger partial charge in [-0.2, -0.15) is 0 Å². The number of alkyl carbamates (subject to hydrolysis) is 1. The highest BCUT2D eigenvalue weighted by Gasteiger charge is 2.35. The minimum absolute atomic E-state index is 0.0421. The quantitative estimate of drug-likeness (QED) is 0.221. The van der Waals surface area contributed by atoms with Crippen LogP contribution in [-0.2, 0) is 30.2 Å². The van der Waals surface area contributed by atoms with Crippen molar-refractivity contribution in [2.45, 2.75) is 104 Å². The number of carbonyl (C=O) groups is 3. The van der Waals surface area contributed by atoms with Gasteiger partial charge >= 0.3 is 18.0 Å².